The Balaban J connectivity index is 2.31. The standard InChI is InChI=1S/C24H30N4O7S2/c25-17(11-36)21(31)26-18(9-13-1-5-15(29)6-2-13)22(32)27-19(10-14-3-7-16(30)8-4-14)23(33)28-20(12-37)24(34)35/h1-8,17-20,29-30,36-37H,9-12,25H2,(H,26,31)(H,27,32)(H,28,33)(H,34,35). The number of aromatic hydroxyl groups is 2. The van der Waals surface area contributed by atoms with Gasteiger partial charge in [0.2, 0.25) is 17.7 Å². The third-order valence-corrected chi connectivity index (χ3v) is 6.11. The number of rotatable bonds is 13. The molecule has 0 aliphatic carbocycles. The maximum atomic E-state index is 13.3. The van der Waals surface area contributed by atoms with Crippen molar-refractivity contribution in [1.82, 2.24) is 16.0 Å². The molecule has 0 heterocycles. The number of nitrogens with one attached hydrogen (secondary N) is 3. The third kappa shape index (κ3) is 9.52. The average Bonchev–Trinajstić information content (AvgIpc) is 2.87. The van der Waals surface area contributed by atoms with Gasteiger partial charge in [0.05, 0.1) is 6.04 Å². The Kier molecular flexibility index (Phi) is 11.6. The second kappa shape index (κ2) is 14.4. The van der Waals surface area contributed by atoms with E-state index in [9.17, 15) is 34.5 Å². The number of hydrogen-bond donors (Lipinski definition) is 9. The molecular formula is C24H30N4O7S2. The SMILES string of the molecule is NC(CS)C(=O)NC(Cc1ccc(O)cc1)C(=O)NC(Cc1ccc(O)cc1)C(=O)NC(CS)C(=O)O. The number of phenolic OH excluding ortho intramolecular Hbond substituents is 2. The van der Waals surface area contributed by atoms with Crippen molar-refractivity contribution in [1.29, 1.82) is 0 Å². The van der Waals surface area contributed by atoms with E-state index in [1.54, 1.807) is 24.3 Å². The van der Waals surface area contributed by atoms with Gasteiger partial charge in [-0.25, -0.2) is 4.79 Å². The van der Waals surface area contributed by atoms with Gasteiger partial charge in [0.15, 0.2) is 0 Å². The third-order valence-electron chi connectivity index (χ3n) is 5.35. The van der Waals surface area contributed by atoms with Gasteiger partial charge < -0.3 is 37.0 Å². The molecule has 2 rings (SSSR count). The summed E-state index contributed by atoms with van der Waals surface area (Å²) in [6, 6.07) is 7.27. The van der Waals surface area contributed by atoms with E-state index >= 15 is 0 Å². The highest BCUT2D eigenvalue weighted by molar-refractivity contribution is 7.80. The molecule has 3 amide bonds. The predicted octanol–water partition coefficient (Wildman–Crippen LogP) is -0.391. The van der Waals surface area contributed by atoms with Gasteiger partial charge >= 0.3 is 5.97 Å². The van der Waals surface area contributed by atoms with Crippen molar-refractivity contribution in [3.63, 3.8) is 0 Å². The van der Waals surface area contributed by atoms with E-state index in [1.807, 2.05) is 0 Å². The number of carbonyl (C=O) groups is 4. The number of phenols is 2. The Morgan fingerprint density at radius 1 is 0.676 bits per heavy atom. The molecule has 0 saturated carbocycles. The van der Waals surface area contributed by atoms with E-state index in [1.165, 1.54) is 24.3 Å². The highest BCUT2D eigenvalue weighted by atomic mass is 32.1. The minimum absolute atomic E-state index is 0.00649. The first-order chi connectivity index (χ1) is 17.5. The number of carbonyl (C=O) groups excluding carboxylic acids is 3. The lowest BCUT2D eigenvalue weighted by Crippen LogP contribution is -2.58. The van der Waals surface area contributed by atoms with E-state index in [0.29, 0.717) is 11.1 Å². The van der Waals surface area contributed by atoms with E-state index in [4.69, 9.17) is 5.73 Å². The van der Waals surface area contributed by atoms with E-state index in [2.05, 4.69) is 41.2 Å². The van der Waals surface area contributed by atoms with Gasteiger partial charge in [-0.3, -0.25) is 14.4 Å². The lowest BCUT2D eigenvalue weighted by Gasteiger charge is -2.25. The average molecular weight is 551 g/mol. The fourth-order valence-electron chi connectivity index (χ4n) is 3.25. The molecule has 2 aromatic rings. The zero-order valence-electron chi connectivity index (χ0n) is 19.7. The second-order valence-electron chi connectivity index (χ2n) is 8.23. The van der Waals surface area contributed by atoms with Crippen LogP contribution in [0.1, 0.15) is 11.1 Å². The minimum Gasteiger partial charge on any atom is -0.508 e. The van der Waals surface area contributed by atoms with Gasteiger partial charge in [-0.05, 0) is 35.4 Å². The lowest BCUT2D eigenvalue weighted by molar-refractivity contribution is -0.141. The Bertz CT molecular complexity index is 1080. The summed E-state index contributed by atoms with van der Waals surface area (Å²) in [6.45, 7) is 0. The summed E-state index contributed by atoms with van der Waals surface area (Å²) >= 11 is 7.95. The Morgan fingerprint density at radius 3 is 1.41 bits per heavy atom. The molecule has 2 aromatic carbocycles. The first-order valence-electron chi connectivity index (χ1n) is 11.2. The summed E-state index contributed by atoms with van der Waals surface area (Å²) in [5.74, 6) is -3.53. The number of benzene rings is 2. The van der Waals surface area contributed by atoms with Crippen LogP contribution in [0.3, 0.4) is 0 Å². The number of carboxylic acids is 1. The molecule has 0 spiro atoms. The van der Waals surface area contributed by atoms with Crippen LogP contribution < -0.4 is 21.7 Å². The van der Waals surface area contributed by atoms with Crippen LogP contribution in [-0.2, 0) is 32.0 Å². The number of nitrogens with two attached hydrogens (primary N) is 1. The molecule has 0 fully saturated rings. The summed E-state index contributed by atoms with van der Waals surface area (Å²) in [7, 11) is 0. The summed E-state index contributed by atoms with van der Waals surface area (Å²) in [5.41, 5.74) is 6.93. The number of amides is 3. The van der Waals surface area contributed by atoms with Crippen molar-refractivity contribution in [2.24, 2.45) is 5.73 Å². The van der Waals surface area contributed by atoms with Crippen molar-refractivity contribution in [2.75, 3.05) is 11.5 Å². The Morgan fingerprint density at radius 2 is 1.05 bits per heavy atom. The summed E-state index contributed by atoms with van der Waals surface area (Å²) in [6.07, 6.45) is -0.0219. The topological polar surface area (TPSA) is 191 Å². The molecule has 4 atom stereocenters. The lowest BCUT2D eigenvalue weighted by atomic mass is 10.0. The van der Waals surface area contributed by atoms with Crippen molar-refractivity contribution < 1.29 is 34.5 Å². The molecule has 37 heavy (non-hydrogen) atoms. The maximum absolute atomic E-state index is 13.3. The number of hydrogen-bond acceptors (Lipinski definition) is 9. The normalized spacial score (nSPS) is 14.0. The number of carboxylic acid groups (broad SMARTS) is 1. The molecule has 0 aliphatic rings. The zero-order chi connectivity index (χ0) is 27.5. The summed E-state index contributed by atoms with van der Waals surface area (Å²) in [4.78, 5) is 50.2. The fraction of sp³-hybridized carbons (Fsp3) is 0.333. The minimum atomic E-state index is -1.30. The second-order valence-corrected chi connectivity index (χ2v) is 8.96. The molecule has 0 saturated heterocycles. The summed E-state index contributed by atoms with van der Waals surface area (Å²) < 4.78 is 0. The monoisotopic (exact) mass is 550 g/mol. The van der Waals surface area contributed by atoms with Crippen molar-refractivity contribution in [3.8, 4) is 11.5 Å². The predicted molar refractivity (Wildman–Crippen MR) is 143 cm³/mol. The highest BCUT2D eigenvalue weighted by Gasteiger charge is 2.30. The van der Waals surface area contributed by atoms with Gasteiger partial charge in [0.1, 0.15) is 29.6 Å². The van der Waals surface area contributed by atoms with Crippen LogP contribution in [0.4, 0.5) is 0 Å². The molecule has 13 heteroatoms. The zero-order valence-corrected chi connectivity index (χ0v) is 21.5. The molecule has 0 bridgehead atoms. The van der Waals surface area contributed by atoms with Gasteiger partial charge in [-0.2, -0.15) is 25.3 Å². The van der Waals surface area contributed by atoms with Crippen molar-refractivity contribution in [2.45, 2.75) is 37.0 Å². The molecular weight excluding hydrogens is 520 g/mol. The van der Waals surface area contributed by atoms with Crippen molar-refractivity contribution >= 4 is 48.9 Å². The molecule has 0 aliphatic heterocycles. The number of thiol groups is 2. The number of aliphatic carboxylic acids is 1. The van der Waals surface area contributed by atoms with E-state index in [0.717, 1.165) is 0 Å². The fourth-order valence-corrected chi connectivity index (χ4v) is 3.66. The van der Waals surface area contributed by atoms with Crippen LogP contribution >= 0.6 is 25.3 Å². The smallest absolute Gasteiger partial charge is 0.327 e. The van der Waals surface area contributed by atoms with E-state index < -0.39 is 47.9 Å². The van der Waals surface area contributed by atoms with Crippen LogP contribution in [0.2, 0.25) is 0 Å². The van der Waals surface area contributed by atoms with Gasteiger partial charge in [0, 0.05) is 24.3 Å². The molecule has 0 radical (unpaired) electrons. The van der Waals surface area contributed by atoms with Crippen LogP contribution in [0.25, 0.3) is 0 Å². The first kappa shape index (κ1) is 29.8. The van der Waals surface area contributed by atoms with Crippen molar-refractivity contribution in [3.05, 3.63) is 59.7 Å². The maximum Gasteiger partial charge on any atom is 0.327 e. The Labute approximate surface area is 224 Å². The molecule has 8 N–H and O–H groups in total. The molecule has 0 aromatic heterocycles. The molecule has 11 nitrogen and oxygen atoms in total. The van der Waals surface area contributed by atoms with Gasteiger partial charge in [0.25, 0.3) is 0 Å². The quantitative estimate of drug-likeness (QED) is 0.151. The van der Waals surface area contributed by atoms with Crippen LogP contribution in [0, 0.1) is 0 Å². The molecule has 4 unspecified atom stereocenters. The van der Waals surface area contributed by atoms with Crippen LogP contribution in [0.15, 0.2) is 48.5 Å². The van der Waals surface area contributed by atoms with Crippen LogP contribution in [0.5, 0.6) is 11.5 Å². The highest BCUT2D eigenvalue weighted by Crippen LogP contribution is 2.14. The Hall–Kier alpha value is -3.42. The molecule has 200 valence electrons. The largest absolute Gasteiger partial charge is 0.508 e. The first-order valence-corrected chi connectivity index (χ1v) is 12.5. The van der Waals surface area contributed by atoms with Gasteiger partial charge in [-0.15, -0.1) is 0 Å². The summed E-state index contributed by atoms with van der Waals surface area (Å²) in [5, 5.41) is 35.9. The van der Waals surface area contributed by atoms with E-state index in [-0.39, 0.29) is 35.8 Å². The van der Waals surface area contributed by atoms with Gasteiger partial charge in [-0.1, -0.05) is 24.3 Å². The van der Waals surface area contributed by atoms with Crippen LogP contribution in [-0.4, -0.2) is 74.7 Å².